The van der Waals surface area contributed by atoms with Gasteiger partial charge in [-0.05, 0) is 18.6 Å². The van der Waals surface area contributed by atoms with E-state index in [2.05, 4.69) is 10.6 Å². The van der Waals surface area contributed by atoms with Gasteiger partial charge in [-0.1, -0.05) is 13.0 Å². The molecule has 0 bridgehead atoms. The van der Waals surface area contributed by atoms with Crippen molar-refractivity contribution in [2.45, 2.75) is 19.4 Å². The highest BCUT2D eigenvalue weighted by molar-refractivity contribution is 5.89. The third-order valence-corrected chi connectivity index (χ3v) is 2.38. The lowest BCUT2D eigenvalue weighted by Gasteiger charge is -2.14. The van der Waals surface area contributed by atoms with Gasteiger partial charge in [0.25, 0.3) is 0 Å². The van der Waals surface area contributed by atoms with Crippen molar-refractivity contribution in [1.82, 2.24) is 5.32 Å². The maximum absolute atomic E-state index is 11.6. The Hall–Kier alpha value is -1.75. The second-order valence-corrected chi connectivity index (χ2v) is 3.62. The Morgan fingerprint density at radius 3 is 2.88 bits per heavy atom. The molecule has 0 aliphatic rings. The van der Waals surface area contributed by atoms with Crippen molar-refractivity contribution in [2.75, 3.05) is 19.0 Å². The summed E-state index contributed by atoms with van der Waals surface area (Å²) in [6.07, 6.45) is 0.683. The van der Waals surface area contributed by atoms with E-state index in [1.807, 2.05) is 6.92 Å². The number of anilines is 1. The van der Waals surface area contributed by atoms with Crippen LogP contribution in [0.3, 0.4) is 0 Å². The highest BCUT2D eigenvalue weighted by Gasteiger charge is 2.08. The number of urea groups is 1. The minimum Gasteiger partial charge on any atom is -0.497 e. The standard InChI is InChI=1S/C12H18N2O3/c1-3-9(8-15)13-12(16)14-10-5-4-6-11(7-10)17-2/h4-7,9,15H,3,8H2,1-2H3,(H2,13,14,16). The molecule has 1 aromatic carbocycles. The van der Waals surface area contributed by atoms with Crippen LogP contribution in [-0.4, -0.2) is 30.9 Å². The van der Waals surface area contributed by atoms with Crippen LogP contribution in [0, 0.1) is 0 Å². The first kappa shape index (κ1) is 13.3. The molecular weight excluding hydrogens is 220 g/mol. The Bertz CT molecular complexity index is 365. The van der Waals surface area contributed by atoms with Crippen molar-refractivity contribution < 1.29 is 14.6 Å². The zero-order valence-electron chi connectivity index (χ0n) is 10.1. The summed E-state index contributed by atoms with van der Waals surface area (Å²) in [7, 11) is 1.57. The van der Waals surface area contributed by atoms with Crippen LogP contribution in [0.15, 0.2) is 24.3 Å². The molecule has 1 atom stereocenters. The van der Waals surface area contributed by atoms with Crippen LogP contribution in [0.1, 0.15) is 13.3 Å². The summed E-state index contributed by atoms with van der Waals surface area (Å²) in [6.45, 7) is 1.83. The third-order valence-electron chi connectivity index (χ3n) is 2.38. The molecule has 5 nitrogen and oxygen atoms in total. The monoisotopic (exact) mass is 238 g/mol. The summed E-state index contributed by atoms with van der Waals surface area (Å²) in [4.78, 5) is 11.6. The van der Waals surface area contributed by atoms with Crippen LogP contribution in [0.5, 0.6) is 5.75 Å². The van der Waals surface area contributed by atoms with Gasteiger partial charge < -0.3 is 20.5 Å². The van der Waals surface area contributed by atoms with Crippen molar-refractivity contribution in [3.05, 3.63) is 24.3 Å². The van der Waals surface area contributed by atoms with Gasteiger partial charge in [0.05, 0.1) is 19.8 Å². The molecule has 2 amide bonds. The first-order chi connectivity index (χ1) is 8.19. The largest absolute Gasteiger partial charge is 0.497 e. The molecule has 5 heteroatoms. The fraction of sp³-hybridized carbons (Fsp3) is 0.417. The van der Waals surface area contributed by atoms with Gasteiger partial charge in [-0.2, -0.15) is 0 Å². The normalized spacial score (nSPS) is 11.7. The first-order valence-corrected chi connectivity index (χ1v) is 5.52. The van der Waals surface area contributed by atoms with E-state index >= 15 is 0 Å². The third kappa shape index (κ3) is 4.32. The van der Waals surface area contributed by atoms with E-state index in [1.165, 1.54) is 0 Å². The predicted octanol–water partition coefficient (Wildman–Crippen LogP) is 1.59. The van der Waals surface area contributed by atoms with Crippen LogP contribution >= 0.6 is 0 Å². The highest BCUT2D eigenvalue weighted by atomic mass is 16.5. The van der Waals surface area contributed by atoms with E-state index in [1.54, 1.807) is 31.4 Å². The van der Waals surface area contributed by atoms with Gasteiger partial charge in [-0.25, -0.2) is 4.79 Å². The smallest absolute Gasteiger partial charge is 0.319 e. The average molecular weight is 238 g/mol. The van der Waals surface area contributed by atoms with Gasteiger partial charge in [0.15, 0.2) is 0 Å². The molecule has 0 fully saturated rings. The Balaban J connectivity index is 2.55. The minimum absolute atomic E-state index is 0.0674. The van der Waals surface area contributed by atoms with Gasteiger partial charge in [-0.15, -0.1) is 0 Å². The quantitative estimate of drug-likeness (QED) is 0.729. The van der Waals surface area contributed by atoms with E-state index in [0.717, 1.165) is 0 Å². The number of rotatable bonds is 5. The van der Waals surface area contributed by atoms with Gasteiger partial charge in [0, 0.05) is 11.8 Å². The summed E-state index contributed by atoms with van der Waals surface area (Å²) in [6, 6.07) is 6.52. The molecule has 1 rings (SSSR count). The number of benzene rings is 1. The van der Waals surface area contributed by atoms with E-state index in [4.69, 9.17) is 9.84 Å². The second kappa shape index (κ2) is 6.75. The molecule has 0 heterocycles. The minimum atomic E-state index is -0.334. The molecule has 94 valence electrons. The number of hydrogen-bond donors (Lipinski definition) is 3. The molecule has 0 saturated carbocycles. The number of amides is 2. The van der Waals surface area contributed by atoms with Crippen molar-refractivity contribution >= 4 is 11.7 Å². The highest BCUT2D eigenvalue weighted by Crippen LogP contribution is 2.16. The van der Waals surface area contributed by atoms with Crippen molar-refractivity contribution in [2.24, 2.45) is 0 Å². The molecule has 0 aliphatic carbocycles. The molecule has 0 spiro atoms. The summed E-state index contributed by atoms with van der Waals surface area (Å²) in [5, 5.41) is 14.3. The lowest BCUT2D eigenvalue weighted by atomic mass is 10.2. The molecule has 3 N–H and O–H groups in total. The van der Waals surface area contributed by atoms with Crippen LogP contribution in [0.4, 0.5) is 10.5 Å². The van der Waals surface area contributed by atoms with Crippen LogP contribution < -0.4 is 15.4 Å². The number of methoxy groups -OCH3 is 1. The first-order valence-electron chi connectivity index (χ1n) is 5.52. The number of aliphatic hydroxyl groups is 1. The van der Waals surface area contributed by atoms with Gasteiger partial charge in [0.2, 0.25) is 0 Å². The lowest BCUT2D eigenvalue weighted by molar-refractivity contribution is 0.222. The Morgan fingerprint density at radius 1 is 1.53 bits per heavy atom. The molecule has 17 heavy (non-hydrogen) atoms. The Morgan fingerprint density at radius 2 is 2.29 bits per heavy atom. The molecule has 0 radical (unpaired) electrons. The van der Waals surface area contributed by atoms with E-state index in [9.17, 15) is 4.79 Å². The van der Waals surface area contributed by atoms with Crippen LogP contribution in [0.2, 0.25) is 0 Å². The summed E-state index contributed by atoms with van der Waals surface area (Å²) < 4.78 is 5.05. The lowest BCUT2D eigenvalue weighted by Crippen LogP contribution is -2.39. The number of hydrogen-bond acceptors (Lipinski definition) is 3. The fourth-order valence-corrected chi connectivity index (χ4v) is 1.33. The van der Waals surface area contributed by atoms with Crippen LogP contribution in [-0.2, 0) is 0 Å². The van der Waals surface area contributed by atoms with Crippen molar-refractivity contribution in [3.8, 4) is 5.75 Å². The molecule has 1 unspecified atom stereocenters. The van der Waals surface area contributed by atoms with Gasteiger partial charge in [0.1, 0.15) is 5.75 Å². The molecule has 1 aromatic rings. The Labute approximate surface area is 101 Å². The predicted molar refractivity (Wildman–Crippen MR) is 66.3 cm³/mol. The number of ether oxygens (including phenoxy) is 1. The summed E-state index contributed by atoms with van der Waals surface area (Å²) in [5.41, 5.74) is 0.648. The fourth-order valence-electron chi connectivity index (χ4n) is 1.33. The maximum Gasteiger partial charge on any atom is 0.319 e. The second-order valence-electron chi connectivity index (χ2n) is 3.62. The van der Waals surface area contributed by atoms with Gasteiger partial charge in [-0.3, -0.25) is 0 Å². The number of carbonyl (C=O) groups excluding carboxylic acids is 1. The van der Waals surface area contributed by atoms with Gasteiger partial charge >= 0.3 is 6.03 Å². The zero-order valence-corrected chi connectivity index (χ0v) is 10.1. The maximum atomic E-state index is 11.6. The zero-order chi connectivity index (χ0) is 12.7. The van der Waals surface area contributed by atoms with E-state index < -0.39 is 0 Å². The molecular formula is C12H18N2O3. The van der Waals surface area contributed by atoms with E-state index in [0.29, 0.717) is 17.9 Å². The summed E-state index contributed by atoms with van der Waals surface area (Å²) >= 11 is 0. The number of nitrogens with one attached hydrogen (secondary N) is 2. The number of carbonyl (C=O) groups is 1. The van der Waals surface area contributed by atoms with Crippen LogP contribution in [0.25, 0.3) is 0 Å². The summed E-state index contributed by atoms with van der Waals surface area (Å²) in [5.74, 6) is 0.678. The average Bonchev–Trinajstić information content (AvgIpc) is 2.36. The molecule has 0 aliphatic heterocycles. The number of aliphatic hydroxyl groups excluding tert-OH is 1. The van der Waals surface area contributed by atoms with Crippen molar-refractivity contribution in [3.63, 3.8) is 0 Å². The topological polar surface area (TPSA) is 70.6 Å². The molecule has 0 aromatic heterocycles. The molecule has 0 saturated heterocycles. The van der Waals surface area contributed by atoms with Crippen molar-refractivity contribution in [1.29, 1.82) is 0 Å². The van der Waals surface area contributed by atoms with E-state index in [-0.39, 0.29) is 18.7 Å². The SMILES string of the molecule is CCC(CO)NC(=O)Nc1cccc(OC)c1. The Kier molecular flexibility index (Phi) is 5.29.